The summed E-state index contributed by atoms with van der Waals surface area (Å²) in [5.74, 6) is 2.43. The second-order valence-corrected chi connectivity index (χ2v) is 6.09. The average molecular weight is 270 g/mol. The first kappa shape index (κ1) is 13.2. The van der Waals surface area contributed by atoms with Gasteiger partial charge in [0.2, 0.25) is 0 Å². The maximum Gasteiger partial charge on any atom is 0.181 e. The number of nitrogens with one attached hydrogen (secondary N) is 1. The number of nitrogens with zero attached hydrogens (tertiary/aromatic N) is 1. The molecule has 1 aromatic heterocycles. The topological polar surface area (TPSA) is 38.1 Å². The van der Waals surface area contributed by atoms with Gasteiger partial charge in [-0.1, -0.05) is 13.8 Å². The molecule has 3 heteroatoms. The van der Waals surface area contributed by atoms with E-state index in [1.54, 1.807) is 6.20 Å². The second kappa shape index (κ2) is 5.70. The highest BCUT2D eigenvalue weighted by Gasteiger charge is 2.24. The normalized spacial score (nSPS) is 26.4. The summed E-state index contributed by atoms with van der Waals surface area (Å²) in [5, 5.41) is 3.68. The molecule has 1 saturated carbocycles. The lowest BCUT2D eigenvalue weighted by molar-refractivity contribution is 0.276. The first-order valence-corrected chi connectivity index (χ1v) is 7.48. The van der Waals surface area contributed by atoms with Gasteiger partial charge < -0.3 is 9.73 Å². The van der Waals surface area contributed by atoms with Crippen molar-refractivity contribution in [2.45, 2.75) is 39.2 Å². The fourth-order valence-corrected chi connectivity index (χ4v) is 3.18. The van der Waals surface area contributed by atoms with E-state index in [9.17, 15) is 0 Å². The number of benzene rings is 1. The lowest BCUT2D eigenvalue weighted by Crippen LogP contribution is -2.32. The van der Waals surface area contributed by atoms with Crippen LogP contribution in [-0.4, -0.2) is 11.0 Å². The molecule has 3 rings (SSSR count). The Hall–Kier alpha value is -1.77. The number of aromatic nitrogens is 1. The van der Waals surface area contributed by atoms with Crippen LogP contribution in [0.25, 0.3) is 11.3 Å². The van der Waals surface area contributed by atoms with Gasteiger partial charge in [-0.15, -0.1) is 0 Å². The Kier molecular flexibility index (Phi) is 3.77. The molecule has 0 saturated heterocycles. The highest BCUT2D eigenvalue weighted by molar-refractivity contribution is 5.60. The lowest BCUT2D eigenvalue weighted by atomic mass is 9.80. The second-order valence-electron chi connectivity index (χ2n) is 6.09. The van der Waals surface area contributed by atoms with Crippen LogP contribution in [-0.2, 0) is 0 Å². The molecule has 0 bridgehead atoms. The molecule has 3 atom stereocenters. The molecule has 1 fully saturated rings. The Morgan fingerprint density at radius 2 is 1.95 bits per heavy atom. The molecule has 1 aliphatic carbocycles. The molecule has 1 aromatic carbocycles. The SMILES string of the molecule is CC1CCC(Nc2ccc(-c3cnco3)cc2)C(C)C1. The van der Waals surface area contributed by atoms with Crippen LogP contribution in [0.5, 0.6) is 0 Å². The molecule has 3 nitrogen and oxygen atoms in total. The molecule has 1 heterocycles. The predicted molar refractivity (Wildman–Crippen MR) is 81.5 cm³/mol. The monoisotopic (exact) mass is 270 g/mol. The van der Waals surface area contributed by atoms with Crippen LogP contribution in [0.15, 0.2) is 41.3 Å². The van der Waals surface area contributed by atoms with Crippen molar-refractivity contribution >= 4 is 5.69 Å². The maximum atomic E-state index is 5.31. The number of oxazole rings is 1. The van der Waals surface area contributed by atoms with Gasteiger partial charge in [0.15, 0.2) is 12.2 Å². The summed E-state index contributed by atoms with van der Waals surface area (Å²) < 4.78 is 5.31. The minimum Gasteiger partial charge on any atom is -0.444 e. The Labute approximate surface area is 120 Å². The first-order valence-electron chi connectivity index (χ1n) is 7.48. The molecule has 0 aliphatic heterocycles. The smallest absolute Gasteiger partial charge is 0.181 e. The first-order chi connectivity index (χ1) is 9.72. The van der Waals surface area contributed by atoms with Crippen LogP contribution in [0.1, 0.15) is 33.1 Å². The largest absolute Gasteiger partial charge is 0.444 e. The molecular formula is C17H22N2O. The van der Waals surface area contributed by atoms with Crippen LogP contribution < -0.4 is 5.32 Å². The van der Waals surface area contributed by atoms with E-state index in [4.69, 9.17) is 4.42 Å². The third-order valence-electron chi connectivity index (χ3n) is 4.39. The van der Waals surface area contributed by atoms with Gasteiger partial charge >= 0.3 is 0 Å². The summed E-state index contributed by atoms with van der Waals surface area (Å²) in [6.45, 7) is 4.72. The molecule has 0 amide bonds. The van der Waals surface area contributed by atoms with Crippen LogP contribution in [0.4, 0.5) is 5.69 Å². The fourth-order valence-electron chi connectivity index (χ4n) is 3.18. The van der Waals surface area contributed by atoms with Gasteiger partial charge in [0, 0.05) is 17.3 Å². The fraction of sp³-hybridized carbons (Fsp3) is 0.471. The molecule has 1 N–H and O–H groups in total. The van der Waals surface area contributed by atoms with Crippen molar-refractivity contribution in [2.24, 2.45) is 11.8 Å². The quantitative estimate of drug-likeness (QED) is 0.887. The number of hydrogen-bond acceptors (Lipinski definition) is 3. The summed E-state index contributed by atoms with van der Waals surface area (Å²) >= 11 is 0. The molecule has 0 spiro atoms. The summed E-state index contributed by atoms with van der Waals surface area (Å²) in [6.07, 6.45) is 7.14. The summed E-state index contributed by atoms with van der Waals surface area (Å²) in [5.41, 5.74) is 2.26. The van der Waals surface area contributed by atoms with Crippen molar-refractivity contribution in [1.29, 1.82) is 0 Å². The predicted octanol–water partition coefficient (Wildman–Crippen LogP) is 4.58. The van der Waals surface area contributed by atoms with E-state index in [0.717, 1.165) is 23.2 Å². The molecular weight excluding hydrogens is 248 g/mol. The summed E-state index contributed by atoms with van der Waals surface area (Å²) in [4.78, 5) is 3.95. The molecule has 20 heavy (non-hydrogen) atoms. The van der Waals surface area contributed by atoms with Crippen LogP contribution in [0, 0.1) is 11.8 Å². The number of hydrogen-bond donors (Lipinski definition) is 1. The average Bonchev–Trinajstić information content (AvgIpc) is 2.97. The highest BCUT2D eigenvalue weighted by Crippen LogP contribution is 2.31. The molecule has 1 aliphatic rings. The van der Waals surface area contributed by atoms with E-state index in [-0.39, 0.29) is 0 Å². The van der Waals surface area contributed by atoms with Gasteiger partial charge in [0.1, 0.15) is 0 Å². The van der Waals surface area contributed by atoms with Gasteiger partial charge in [0.05, 0.1) is 6.20 Å². The Bertz CT molecular complexity index is 533. The Morgan fingerprint density at radius 3 is 2.60 bits per heavy atom. The van der Waals surface area contributed by atoms with Gasteiger partial charge in [-0.3, -0.25) is 0 Å². The summed E-state index contributed by atoms with van der Waals surface area (Å²) in [7, 11) is 0. The van der Waals surface area contributed by atoms with Crippen molar-refractivity contribution in [1.82, 2.24) is 4.98 Å². The van der Waals surface area contributed by atoms with E-state index in [1.807, 2.05) is 0 Å². The van der Waals surface area contributed by atoms with E-state index in [1.165, 1.54) is 31.3 Å². The highest BCUT2D eigenvalue weighted by atomic mass is 16.3. The molecule has 2 aromatic rings. The van der Waals surface area contributed by atoms with Crippen molar-refractivity contribution in [2.75, 3.05) is 5.32 Å². The number of anilines is 1. The minimum absolute atomic E-state index is 0.599. The van der Waals surface area contributed by atoms with Gasteiger partial charge in [0.25, 0.3) is 0 Å². The maximum absolute atomic E-state index is 5.31. The van der Waals surface area contributed by atoms with E-state index < -0.39 is 0 Å². The molecule has 106 valence electrons. The van der Waals surface area contributed by atoms with Crippen LogP contribution in [0.3, 0.4) is 0 Å². The van der Waals surface area contributed by atoms with Crippen LogP contribution >= 0.6 is 0 Å². The number of rotatable bonds is 3. The van der Waals surface area contributed by atoms with Gasteiger partial charge in [-0.05, 0) is 55.4 Å². The Morgan fingerprint density at radius 1 is 1.15 bits per heavy atom. The van der Waals surface area contributed by atoms with E-state index in [0.29, 0.717) is 6.04 Å². The van der Waals surface area contributed by atoms with Crippen molar-refractivity contribution in [3.63, 3.8) is 0 Å². The van der Waals surface area contributed by atoms with Crippen molar-refractivity contribution in [3.8, 4) is 11.3 Å². The van der Waals surface area contributed by atoms with E-state index in [2.05, 4.69) is 48.4 Å². The lowest BCUT2D eigenvalue weighted by Gasteiger charge is -2.33. The zero-order chi connectivity index (χ0) is 13.9. The zero-order valence-electron chi connectivity index (χ0n) is 12.2. The Balaban J connectivity index is 1.66. The standard InChI is InChI=1S/C17H22N2O/c1-12-3-8-16(13(2)9-12)19-15-6-4-14(5-7-15)17-10-18-11-20-17/h4-7,10-13,16,19H,3,8-9H2,1-2H3. The van der Waals surface area contributed by atoms with E-state index >= 15 is 0 Å². The molecule has 3 unspecified atom stereocenters. The molecule has 0 radical (unpaired) electrons. The van der Waals surface area contributed by atoms with Gasteiger partial charge in [-0.2, -0.15) is 0 Å². The van der Waals surface area contributed by atoms with Gasteiger partial charge in [-0.25, -0.2) is 4.98 Å². The third-order valence-corrected chi connectivity index (χ3v) is 4.39. The third kappa shape index (κ3) is 2.87. The zero-order valence-corrected chi connectivity index (χ0v) is 12.2. The minimum atomic E-state index is 0.599. The van der Waals surface area contributed by atoms with Crippen molar-refractivity contribution in [3.05, 3.63) is 36.9 Å². The summed E-state index contributed by atoms with van der Waals surface area (Å²) in [6, 6.07) is 9.02. The van der Waals surface area contributed by atoms with Crippen LogP contribution in [0.2, 0.25) is 0 Å². The van der Waals surface area contributed by atoms with Crippen molar-refractivity contribution < 1.29 is 4.42 Å².